The molecule has 136 valence electrons. The van der Waals surface area contributed by atoms with Gasteiger partial charge < -0.3 is 20.1 Å². The van der Waals surface area contributed by atoms with Crippen LogP contribution < -0.4 is 15.4 Å². The number of benzene rings is 1. The van der Waals surface area contributed by atoms with Crippen LogP contribution in [0.25, 0.3) is 0 Å². The number of amides is 1. The van der Waals surface area contributed by atoms with Gasteiger partial charge in [0, 0.05) is 12.8 Å². The van der Waals surface area contributed by atoms with Gasteiger partial charge in [0.2, 0.25) is 5.88 Å². The largest absolute Gasteiger partial charge is 0.472 e. The minimum atomic E-state index is -0.250. The van der Waals surface area contributed by atoms with Crippen molar-refractivity contribution >= 4 is 17.4 Å². The van der Waals surface area contributed by atoms with Gasteiger partial charge in [-0.15, -0.1) is 0 Å². The molecule has 2 aliphatic rings. The summed E-state index contributed by atoms with van der Waals surface area (Å²) < 4.78 is 11.5. The predicted octanol–water partition coefficient (Wildman–Crippen LogP) is 2.51. The van der Waals surface area contributed by atoms with E-state index in [0.717, 1.165) is 24.1 Å². The molecule has 0 unspecified atom stereocenters. The lowest BCUT2D eigenvalue weighted by Gasteiger charge is -2.41. The molecule has 1 saturated carbocycles. The van der Waals surface area contributed by atoms with Gasteiger partial charge in [-0.2, -0.15) is 0 Å². The fourth-order valence-corrected chi connectivity index (χ4v) is 3.65. The second kappa shape index (κ2) is 6.25. The van der Waals surface area contributed by atoms with E-state index in [1.54, 1.807) is 12.0 Å². The third kappa shape index (κ3) is 2.59. The molecule has 4 rings (SSSR count). The second-order valence-electron chi connectivity index (χ2n) is 6.88. The van der Waals surface area contributed by atoms with Crippen LogP contribution in [0.4, 0.5) is 11.5 Å². The maximum absolute atomic E-state index is 13.1. The molecular weight excluding hydrogens is 332 g/mol. The summed E-state index contributed by atoms with van der Waals surface area (Å²) in [5.41, 5.74) is 7.89. The van der Waals surface area contributed by atoms with Gasteiger partial charge in [0.1, 0.15) is 23.8 Å². The molecule has 0 spiro atoms. The zero-order chi connectivity index (χ0) is 18.3. The molecule has 26 heavy (non-hydrogen) atoms. The van der Waals surface area contributed by atoms with Crippen molar-refractivity contribution in [3.05, 3.63) is 41.7 Å². The molecule has 1 atom stereocenters. The highest BCUT2D eigenvalue weighted by Gasteiger charge is 2.39. The first kappa shape index (κ1) is 16.8. The molecule has 2 N–H and O–H groups in total. The van der Waals surface area contributed by atoms with Crippen LogP contribution >= 0.6 is 0 Å². The number of ether oxygens (including phenoxy) is 2. The number of methoxy groups -OCH3 is 1. The van der Waals surface area contributed by atoms with E-state index in [9.17, 15) is 4.79 Å². The van der Waals surface area contributed by atoms with Crippen molar-refractivity contribution in [1.29, 1.82) is 0 Å². The Morgan fingerprint density at radius 2 is 2.00 bits per heavy atom. The first-order chi connectivity index (χ1) is 12.5. The van der Waals surface area contributed by atoms with Crippen LogP contribution in [0, 0.1) is 0 Å². The van der Waals surface area contributed by atoms with Crippen LogP contribution in [0.5, 0.6) is 5.88 Å². The highest BCUT2D eigenvalue weighted by molar-refractivity contribution is 6.10. The maximum atomic E-state index is 13.1. The van der Waals surface area contributed by atoms with Crippen molar-refractivity contribution in [3.8, 4) is 5.88 Å². The Balaban J connectivity index is 1.69. The smallest absolute Gasteiger partial charge is 0.267 e. The Hall–Kier alpha value is -2.67. The predicted molar refractivity (Wildman–Crippen MR) is 97.2 cm³/mol. The number of hydrogen-bond donors (Lipinski definition) is 1. The van der Waals surface area contributed by atoms with Gasteiger partial charge in [-0.1, -0.05) is 12.1 Å². The number of aromatic nitrogens is 2. The Kier molecular flexibility index (Phi) is 4.03. The van der Waals surface area contributed by atoms with Crippen LogP contribution in [-0.4, -0.2) is 35.6 Å². The van der Waals surface area contributed by atoms with Gasteiger partial charge in [0.25, 0.3) is 5.91 Å². The van der Waals surface area contributed by atoms with Crippen molar-refractivity contribution in [2.75, 3.05) is 24.3 Å². The van der Waals surface area contributed by atoms with E-state index in [-0.39, 0.29) is 34.9 Å². The zero-order valence-electron chi connectivity index (χ0n) is 14.9. The summed E-state index contributed by atoms with van der Waals surface area (Å²) in [5.74, 6) is 0.116. The Morgan fingerprint density at radius 1 is 1.27 bits per heavy atom. The maximum Gasteiger partial charge on any atom is 0.267 e. The van der Waals surface area contributed by atoms with E-state index in [1.807, 2.05) is 31.2 Å². The molecule has 1 aromatic heterocycles. The molecule has 0 saturated heterocycles. The van der Waals surface area contributed by atoms with E-state index >= 15 is 0 Å². The van der Waals surface area contributed by atoms with Crippen LogP contribution in [0.1, 0.15) is 42.1 Å². The van der Waals surface area contributed by atoms with Crippen molar-refractivity contribution in [1.82, 2.24) is 9.97 Å². The summed E-state index contributed by atoms with van der Waals surface area (Å²) in [6.45, 7) is 2.31. The number of carbonyl (C=O) groups is 1. The van der Waals surface area contributed by atoms with E-state index in [2.05, 4.69) is 9.97 Å². The van der Waals surface area contributed by atoms with E-state index < -0.39 is 0 Å². The average Bonchev–Trinajstić information content (AvgIpc) is 2.72. The molecule has 0 bridgehead atoms. The molecule has 2 aromatic rings. The molecule has 1 aromatic carbocycles. The molecule has 7 heteroatoms. The topological polar surface area (TPSA) is 90.6 Å². The van der Waals surface area contributed by atoms with Gasteiger partial charge in [-0.3, -0.25) is 4.79 Å². The lowest BCUT2D eigenvalue weighted by atomic mass is 9.75. The number of hydrogen-bond acceptors (Lipinski definition) is 6. The van der Waals surface area contributed by atoms with Crippen LogP contribution in [0.3, 0.4) is 0 Å². The fraction of sp³-hybridized carbons (Fsp3) is 0.421. The third-order valence-corrected chi connectivity index (χ3v) is 5.31. The number of rotatable bonds is 3. The van der Waals surface area contributed by atoms with Crippen LogP contribution in [0.15, 0.2) is 30.6 Å². The molecule has 1 fully saturated rings. The fourth-order valence-electron chi connectivity index (χ4n) is 3.65. The lowest BCUT2D eigenvalue weighted by Crippen LogP contribution is -2.37. The lowest BCUT2D eigenvalue weighted by molar-refractivity contribution is -0.0778. The quantitative estimate of drug-likeness (QED) is 0.911. The van der Waals surface area contributed by atoms with E-state index in [1.165, 1.54) is 12.7 Å². The summed E-state index contributed by atoms with van der Waals surface area (Å²) >= 11 is 0. The van der Waals surface area contributed by atoms with Gasteiger partial charge in [0.15, 0.2) is 0 Å². The molecule has 2 heterocycles. The monoisotopic (exact) mass is 354 g/mol. The minimum Gasteiger partial charge on any atom is -0.472 e. The summed E-state index contributed by atoms with van der Waals surface area (Å²) in [5, 5.41) is 0. The summed E-state index contributed by atoms with van der Waals surface area (Å²) in [4.78, 5) is 22.7. The molecule has 0 radical (unpaired) electrons. The number of fused-ring (bicyclic) bond motifs is 1. The SMILES string of the molecule is COC1(c2ccc(N3C[C@@H](C)Oc4ncnc(N)c4C3=O)cc2)CCC1. The molecule has 7 nitrogen and oxygen atoms in total. The molecule has 1 aliphatic heterocycles. The zero-order valence-corrected chi connectivity index (χ0v) is 14.9. The number of nitrogens with two attached hydrogens (primary N) is 1. The Morgan fingerprint density at radius 3 is 2.62 bits per heavy atom. The Bertz CT molecular complexity index is 828. The van der Waals surface area contributed by atoms with E-state index in [4.69, 9.17) is 15.2 Å². The van der Waals surface area contributed by atoms with Crippen LogP contribution in [0.2, 0.25) is 0 Å². The number of carbonyl (C=O) groups excluding carboxylic acids is 1. The van der Waals surface area contributed by atoms with Gasteiger partial charge in [0.05, 0.1) is 12.1 Å². The average molecular weight is 354 g/mol. The standard InChI is InChI=1S/C19H22N4O3/c1-12-10-23(18(24)15-16(20)21-11-22-17(15)26-12)14-6-4-13(5-7-14)19(25-2)8-3-9-19/h4-7,11-12H,3,8-10H2,1-2H3,(H2,20,21,22)/t12-/m1/s1. The van der Waals surface area contributed by atoms with Gasteiger partial charge in [-0.05, 0) is 43.9 Å². The van der Waals surface area contributed by atoms with Crippen molar-refractivity contribution in [2.45, 2.75) is 37.9 Å². The third-order valence-electron chi connectivity index (χ3n) is 5.31. The molecular formula is C19H22N4O3. The van der Waals surface area contributed by atoms with Crippen molar-refractivity contribution in [3.63, 3.8) is 0 Å². The van der Waals surface area contributed by atoms with E-state index in [0.29, 0.717) is 6.54 Å². The highest BCUT2D eigenvalue weighted by Crippen LogP contribution is 2.44. The number of nitrogens with zero attached hydrogens (tertiary/aromatic N) is 3. The summed E-state index contributed by atoms with van der Waals surface area (Å²) in [7, 11) is 1.75. The normalized spacial score (nSPS) is 21.4. The first-order valence-electron chi connectivity index (χ1n) is 8.79. The molecule has 1 amide bonds. The highest BCUT2D eigenvalue weighted by atomic mass is 16.5. The Labute approximate surface area is 152 Å². The first-order valence-corrected chi connectivity index (χ1v) is 8.79. The molecule has 1 aliphatic carbocycles. The summed E-state index contributed by atoms with van der Waals surface area (Å²) in [6, 6.07) is 7.97. The van der Waals surface area contributed by atoms with Crippen molar-refractivity contribution < 1.29 is 14.3 Å². The van der Waals surface area contributed by atoms with Gasteiger partial charge in [-0.25, -0.2) is 9.97 Å². The summed E-state index contributed by atoms with van der Waals surface area (Å²) in [6.07, 6.45) is 4.31. The minimum absolute atomic E-state index is 0.128. The van der Waals surface area contributed by atoms with Crippen LogP contribution in [-0.2, 0) is 10.3 Å². The van der Waals surface area contributed by atoms with Crippen molar-refractivity contribution in [2.24, 2.45) is 0 Å². The second-order valence-corrected chi connectivity index (χ2v) is 6.88. The number of nitrogen functional groups attached to an aromatic ring is 1. The number of anilines is 2. The van der Waals surface area contributed by atoms with Gasteiger partial charge >= 0.3 is 0 Å².